The van der Waals surface area contributed by atoms with E-state index in [4.69, 9.17) is 9.47 Å². The van der Waals surface area contributed by atoms with E-state index < -0.39 is 0 Å². The smallest absolute Gasteiger partial charge is 0.256 e. The Morgan fingerprint density at radius 3 is 1.39 bits per heavy atom. The fourth-order valence-electron chi connectivity index (χ4n) is 19.2. The third kappa shape index (κ3) is 9.87. The van der Waals surface area contributed by atoms with Gasteiger partial charge in [0.05, 0.1) is 11.0 Å². The number of para-hydroxylation sites is 1. The fourth-order valence-corrected chi connectivity index (χ4v) is 19.2. The first-order valence-corrected chi connectivity index (χ1v) is 38.3. The molecule has 6 heterocycles. The Morgan fingerprint density at radius 1 is 0.294 bits per heavy atom. The molecule has 4 aliphatic heterocycles. The predicted molar refractivity (Wildman–Crippen MR) is 458 cm³/mol. The lowest BCUT2D eigenvalue weighted by molar-refractivity contribution is 0.483. The summed E-state index contributed by atoms with van der Waals surface area (Å²) >= 11 is 0. The number of aryl methyl sites for hydroxylation is 2. The number of aromatic nitrogens is 2. The standard InChI is InChI=1S/C103H72B2N2O2/c1-62-47-64(49-65-50-83-81-41-25-26-42-90(81)106-92-57-73(68-31-15-8-16-32-68)59-95-98(92)104(87(51-65)100(83)106)86-45-44-76(103(3,4)5)61-94(86)108-95)48-63(2)97(62)75-58-93-99-96(60-75)109-102-85(80-40-24-23-38-78(80)70-35-19-10-20-36-70)54-74(79-39-22-21-37-77(79)69-33-17-9-18-34-69)56-89(102)105(99)88-55-72(67-29-13-7-14-30-67)53-84-82-52-71(66-27-11-6-12-28-66)43-46-91(82)107(93)101(84)88/h6-48,50-61H,49H2,1-5H3. The summed E-state index contributed by atoms with van der Waals surface area (Å²) in [5, 5.41) is 4.96. The average Bonchev–Trinajstić information content (AvgIpc) is 1.61. The van der Waals surface area contributed by atoms with E-state index >= 15 is 0 Å². The Morgan fingerprint density at radius 2 is 0.761 bits per heavy atom. The molecular weight excluding hydrogens is 1320 g/mol. The van der Waals surface area contributed by atoms with Crippen molar-refractivity contribution in [3.05, 3.63) is 361 Å². The SMILES string of the molecule is Cc1cc(Cc2cc3c4c(c2)c2ccccc2n4-c2cc(-c4ccccc4)cc4c2B3c2ccc(C(C)(C)C)cc2O4)cc(C)c1-c1cc2c3c(c1)-n1c4ccc(-c5ccccc5)cc4c4cc(-c5ccccc5)cc(c41)B3c1cc(-c3ccccc3-c3ccccc3)cc(-c3ccccc3-c3ccccc3)c1O2. The molecule has 18 aromatic rings. The number of hydrogen-bond donors (Lipinski definition) is 0. The van der Waals surface area contributed by atoms with Crippen LogP contribution >= 0.6 is 0 Å². The second kappa shape index (κ2) is 24.2. The second-order valence-electron chi connectivity index (χ2n) is 31.5. The number of rotatable bonds is 10. The largest absolute Gasteiger partial charge is 0.458 e. The van der Waals surface area contributed by atoms with Crippen LogP contribution in [0.15, 0.2) is 334 Å². The van der Waals surface area contributed by atoms with Crippen molar-refractivity contribution < 1.29 is 9.47 Å². The van der Waals surface area contributed by atoms with Gasteiger partial charge in [-0.2, -0.15) is 0 Å². The van der Waals surface area contributed by atoms with Crippen molar-refractivity contribution in [1.82, 2.24) is 9.13 Å². The van der Waals surface area contributed by atoms with Gasteiger partial charge in [-0.25, -0.2) is 0 Å². The highest BCUT2D eigenvalue weighted by Crippen LogP contribution is 2.49. The van der Waals surface area contributed by atoms with Crippen LogP contribution < -0.4 is 42.3 Å². The summed E-state index contributed by atoms with van der Waals surface area (Å²) in [6.07, 6.45) is 0.748. The van der Waals surface area contributed by atoms with Gasteiger partial charge in [0.25, 0.3) is 13.4 Å². The summed E-state index contributed by atoms with van der Waals surface area (Å²) in [4.78, 5) is 0. The minimum Gasteiger partial charge on any atom is -0.458 e. The monoisotopic (exact) mass is 1390 g/mol. The van der Waals surface area contributed by atoms with Crippen molar-refractivity contribution in [3.8, 4) is 123 Å². The minimum atomic E-state index is -0.241. The van der Waals surface area contributed by atoms with Gasteiger partial charge >= 0.3 is 0 Å². The van der Waals surface area contributed by atoms with Crippen molar-refractivity contribution in [3.63, 3.8) is 0 Å². The van der Waals surface area contributed by atoms with Crippen LogP contribution in [0.25, 0.3) is 144 Å². The first-order valence-electron chi connectivity index (χ1n) is 38.3. The Hall–Kier alpha value is -13.2. The number of ether oxygens (including phenoxy) is 2. The van der Waals surface area contributed by atoms with Crippen LogP contribution in [0.2, 0.25) is 0 Å². The second-order valence-corrected chi connectivity index (χ2v) is 31.5. The quantitative estimate of drug-likeness (QED) is 0.128. The lowest BCUT2D eigenvalue weighted by Crippen LogP contribution is -2.58. The molecule has 0 spiro atoms. The van der Waals surface area contributed by atoms with Gasteiger partial charge in [-0.05, 0) is 236 Å². The van der Waals surface area contributed by atoms with Crippen LogP contribution in [-0.4, -0.2) is 22.6 Å². The van der Waals surface area contributed by atoms with E-state index in [0.29, 0.717) is 0 Å². The maximum Gasteiger partial charge on any atom is 0.256 e. The molecule has 0 radical (unpaired) electrons. The summed E-state index contributed by atoms with van der Waals surface area (Å²) in [7, 11) is 0. The lowest BCUT2D eigenvalue weighted by atomic mass is 9.34. The zero-order valence-electron chi connectivity index (χ0n) is 61.3. The Labute approximate surface area is 635 Å². The summed E-state index contributed by atoms with van der Waals surface area (Å²) in [5.74, 6) is 3.59. The zero-order valence-corrected chi connectivity index (χ0v) is 61.3. The summed E-state index contributed by atoms with van der Waals surface area (Å²) in [5.41, 5.74) is 39.1. The van der Waals surface area contributed by atoms with Crippen LogP contribution in [0.3, 0.4) is 0 Å². The van der Waals surface area contributed by atoms with Crippen LogP contribution in [0.5, 0.6) is 23.0 Å². The van der Waals surface area contributed by atoms with E-state index in [1.54, 1.807) is 0 Å². The molecule has 0 bridgehead atoms. The van der Waals surface area contributed by atoms with Gasteiger partial charge < -0.3 is 18.6 Å². The molecule has 0 aliphatic carbocycles. The van der Waals surface area contributed by atoms with Gasteiger partial charge in [0.1, 0.15) is 23.0 Å². The predicted octanol–water partition coefficient (Wildman–Crippen LogP) is 22.6. The van der Waals surface area contributed by atoms with E-state index in [9.17, 15) is 0 Å². The van der Waals surface area contributed by atoms with Crippen molar-refractivity contribution in [1.29, 1.82) is 0 Å². The van der Waals surface area contributed by atoms with Crippen molar-refractivity contribution in [2.45, 2.75) is 46.5 Å². The van der Waals surface area contributed by atoms with Gasteiger partial charge in [0.2, 0.25) is 0 Å². The highest BCUT2D eigenvalue weighted by molar-refractivity contribution is 7.00. The van der Waals surface area contributed by atoms with Gasteiger partial charge in [-0.1, -0.05) is 288 Å². The van der Waals surface area contributed by atoms with Crippen LogP contribution in [-0.2, 0) is 11.8 Å². The molecule has 0 saturated carbocycles. The molecule has 0 atom stereocenters. The van der Waals surface area contributed by atoms with Crippen molar-refractivity contribution in [2.24, 2.45) is 0 Å². The Bertz CT molecular complexity index is 6850. The molecule has 22 rings (SSSR count). The molecule has 0 saturated heterocycles. The maximum atomic E-state index is 8.03. The molecule has 0 N–H and O–H groups in total. The van der Waals surface area contributed by atoms with E-state index in [1.165, 1.54) is 138 Å². The van der Waals surface area contributed by atoms with E-state index in [-0.39, 0.29) is 18.8 Å². The molecule has 16 aromatic carbocycles. The first-order chi connectivity index (χ1) is 53.5. The van der Waals surface area contributed by atoms with Gasteiger partial charge in [-0.15, -0.1) is 0 Å². The first kappa shape index (κ1) is 63.2. The van der Waals surface area contributed by atoms with E-state index in [1.807, 2.05) is 0 Å². The summed E-state index contributed by atoms with van der Waals surface area (Å²) in [6.45, 7) is 11.2. The molecule has 0 fully saturated rings. The molecule has 4 nitrogen and oxygen atoms in total. The van der Waals surface area contributed by atoms with Crippen molar-refractivity contribution in [2.75, 3.05) is 0 Å². The molecule has 0 amide bonds. The average molecular weight is 1390 g/mol. The molecule has 6 heteroatoms. The van der Waals surface area contributed by atoms with Crippen LogP contribution in [0.4, 0.5) is 0 Å². The topological polar surface area (TPSA) is 28.3 Å². The minimum absolute atomic E-state index is 0.0490. The third-order valence-corrected chi connectivity index (χ3v) is 24.0. The molecule has 512 valence electrons. The highest BCUT2D eigenvalue weighted by Gasteiger charge is 2.45. The van der Waals surface area contributed by atoms with Gasteiger partial charge in [0, 0.05) is 49.5 Å². The van der Waals surface area contributed by atoms with Crippen LogP contribution in [0, 0.1) is 13.8 Å². The molecular formula is C103H72B2N2O2. The Kier molecular flexibility index (Phi) is 14.0. The fraction of sp³-hybridized carbons (Fsp3) is 0.0680. The third-order valence-electron chi connectivity index (χ3n) is 24.0. The van der Waals surface area contributed by atoms with Crippen molar-refractivity contribution >= 4 is 89.8 Å². The Balaban J connectivity index is 0.755. The zero-order chi connectivity index (χ0) is 72.5. The van der Waals surface area contributed by atoms with E-state index in [2.05, 4.69) is 377 Å². The maximum absolute atomic E-state index is 8.03. The normalized spacial score (nSPS) is 12.8. The summed E-state index contributed by atoms with van der Waals surface area (Å²) in [6, 6.07) is 125. The molecule has 0 unspecified atom stereocenters. The highest BCUT2D eigenvalue weighted by atomic mass is 16.5. The molecule has 4 aliphatic rings. The van der Waals surface area contributed by atoms with Gasteiger partial charge in [0.15, 0.2) is 0 Å². The number of fused-ring (bicyclic) bond motifs is 14. The number of nitrogens with zero attached hydrogens (tertiary/aromatic N) is 2. The van der Waals surface area contributed by atoms with Crippen LogP contribution in [0.1, 0.15) is 48.6 Å². The van der Waals surface area contributed by atoms with E-state index in [0.717, 1.165) is 96.1 Å². The number of hydrogen-bond acceptors (Lipinski definition) is 2. The molecule has 2 aromatic heterocycles. The number of benzene rings is 16. The molecule has 109 heavy (non-hydrogen) atoms. The van der Waals surface area contributed by atoms with Gasteiger partial charge in [-0.3, -0.25) is 0 Å². The summed E-state index contributed by atoms with van der Waals surface area (Å²) < 4.78 is 20.4. The lowest BCUT2D eigenvalue weighted by Gasteiger charge is -2.35.